The number of hydrogen-bond donors (Lipinski definition) is 1. The summed E-state index contributed by atoms with van der Waals surface area (Å²) in [5.74, 6) is -1.88. The molecule has 2 aromatic rings. The Bertz CT molecular complexity index is 648. The van der Waals surface area contributed by atoms with Crippen molar-refractivity contribution in [1.82, 2.24) is 14.8 Å². The molecule has 0 aliphatic rings. The quantitative estimate of drug-likeness (QED) is 0.830. The molecule has 1 aromatic carbocycles. The Labute approximate surface area is 108 Å². The van der Waals surface area contributed by atoms with E-state index in [0.717, 1.165) is 5.56 Å². The molecule has 1 aromatic heterocycles. The molecule has 7 heteroatoms. The molecule has 1 heterocycles. The van der Waals surface area contributed by atoms with Gasteiger partial charge in [-0.3, -0.25) is 0 Å². The number of aryl methyl sites for hydroxylation is 1. The largest absolute Gasteiger partial charge is 0.478 e. The van der Waals surface area contributed by atoms with Crippen LogP contribution in [0, 0.1) is 6.92 Å². The zero-order valence-electron chi connectivity index (χ0n) is 10.3. The van der Waals surface area contributed by atoms with E-state index in [4.69, 9.17) is 5.11 Å². The third-order valence-electron chi connectivity index (χ3n) is 2.49. The third-order valence-corrected chi connectivity index (χ3v) is 2.49. The summed E-state index contributed by atoms with van der Waals surface area (Å²) in [5.41, 5.74) is 1.23. The minimum atomic E-state index is -1.08. The number of ether oxygens (including phenoxy) is 1. The predicted octanol–water partition coefficient (Wildman–Crippen LogP) is 1.06. The Morgan fingerprint density at radius 2 is 2.11 bits per heavy atom. The molecule has 0 amide bonds. The van der Waals surface area contributed by atoms with Crippen LogP contribution < -0.4 is 0 Å². The van der Waals surface area contributed by atoms with Crippen LogP contribution in [0.1, 0.15) is 26.5 Å². The summed E-state index contributed by atoms with van der Waals surface area (Å²) in [6.45, 7) is 1.79. The van der Waals surface area contributed by atoms with Crippen LogP contribution in [0.2, 0.25) is 0 Å². The van der Waals surface area contributed by atoms with Crippen molar-refractivity contribution < 1.29 is 19.4 Å². The van der Waals surface area contributed by atoms with E-state index in [1.54, 1.807) is 19.1 Å². The molecule has 98 valence electrons. The van der Waals surface area contributed by atoms with Crippen LogP contribution in [0.25, 0.3) is 5.69 Å². The Morgan fingerprint density at radius 1 is 1.37 bits per heavy atom. The van der Waals surface area contributed by atoms with E-state index in [1.165, 1.54) is 24.2 Å². The standard InChI is InChI=1S/C12H11N3O4/c1-7-3-4-9(8(5-7)11(16)17)15-6-13-10(14-15)12(18)19-2/h3-6H,1-2H3,(H,16,17). The number of esters is 1. The zero-order chi connectivity index (χ0) is 14.0. The molecule has 0 atom stereocenters. The van der Waals surface area contributed by atoms with Crippen molar-refractivity contribution in [2.75, 3.05) is 7.11 Å². The van der Waals surface area contributed by atoms with Crippen LogP contribution in [-0.2, 0) is 4.74 Å². The molecule has 0 fully saturated rings. The molecular formula is C12H11N3O4. The maximum atomic E-state index is 11.3. The Hall–Kier alpha value is -2.70. The molecule has 0 saturated heterocycles. The van der Waals surface area contributed by atoms with Crippen LogP contribution >= 0.6 is 0 Å². The fourth-order valence-corrected chi connectivity index (χ4v) is 1.58. The van der Waals surface area contributed by atoms with Gasteiger partial charge in [0.05, 0.1) is 18.4 Å². The Kier molecular flexibility index (Phi) is 3.28. The number of carbonyl (C=O) groups excluding carboxylic acids is 1. The first-order valence-corrected chi connectivity index (χ1v) is 5.37. The number of carboxylic acid groups (broad SMARTS) is 1. The molecule has 0 bridgehead atoms. The highest BCUT2D eigenvalue weighted by Gasteiger charge is 2.16. The molecule has 0 unspecified atom stereocenters. The molecule has 19 heavy (non-hydrogen) atoms. The number of aromatic nitrogens is 3. The first kappa shape index (κ1) is 12.7. The molecule has 0 spiro atoms. The molecule has 0 saturated carbocycles. The minimum absolute atomic E-state index is 0.0846. The van der Waals surface area contributed by atoms with Gasteiger partial charge in [0.15, 0.2) is 0 Å². The van der Waals surface area contributed by atoms with E-state index >= 15 is 0 Å². The molecule has 0 aliphatic carbocycles. The third kappa shape index (κ3) is 2.44. The zero-order valence-corrected chi connectivity index (χ0v) is 10.3. The SMILES string of the molecule is COC(=O)c1ncn(-c2ccc(C)cc2C(=O)O)n1. The van der Waals surface area contributed by atoms with Crippen molar-refractivity contribution in [3.63, 3.8) is 0 Å². The summed E-state index contributed by atoms with van der Waals surface area (Å²) < 4.78 is 5.72. The molecule has 7 nitrogen and oxygen atoms in total. The van der Waals surface area contributed by atoms with Crippen molar-refractivity contribution >= 4 is 11.9 Å². The van der Waals surface area contributed by atoms with Crippen molar-refractivity contribution in [3.05, 3.63) is 41.5 Å². The lowest BCUT2D eigenvalue weighted by Gasteiger charge is -2.06. The maximum Gasteiger partial charge on any atom is 0.377 e. The van der Waals surface area contributed by atoms with Gasteiger partial charge in [-0.25, -0.2) is 19.3 Å². The number of hydrogen-bond acceptors (Lipinski definition) is 5. The van der Waals surface area contributed by atoms with E-state index in [9.17, 15) is 9.59 Å². The smallest absolute Gasteiger partial charge is 0.377 e. The average Bonchev–Trinajstić information content (AvgIpc) is 2.87. The highest BCUT2D eigenvalue weighted by Crippen LogP contribution is 2.16. The minimum Gasteiger partial charge on any atom is -0.478 e. The highest BCUT2D eigenvalue weighted by molar-refractivity contribution is 5.92. The molecule has 2 rings (SSSR count). The van der Waals surface area contributed by atoms with E-state index in [2.05, 4.69) is 14.8 Å². The molecular weight excluding hydrogens is 250 g/mol. The number of benzene rings is 1. The summed E-state index contributed by atoms with van der Waals surface area (Å²) in [5, 5.41) is 13.1. The summed E-state index contributed by atoms with van der Waals surface area (Å²) in [6, 6.07) is 4.88. The van der Waals surface area contributed by atoms with Gasteiger partial charge >= 0.3 is 11.9 Å². The molecule has 0 aliphatic heterocycles. The lowest BCUT2D eigenvalue weighted by atomic mass is 10.1. The van der Waals surface area contributed by atoms with Gasteiger partial charge < -0.3 is 9.84 Å². The second kappa shape index (κ2) is 4.89. The predicted molar refractivity (Wildman–Crippen MR) is 64.4 cm³/mol. The fourth-order valence-electron chi connectivity index (χ4n) is 1.58. The lowest BCUT2D eigenvalue weighted by Crippen LogP contribution is -2.08. The fraction of sp³-hybridized carbons (Fsp3) is 0.167. The normalized spacial score (nSPS) is 10.2. The summed E-state index contributed by atoms with van der Waals surface area (Å²) in [4.78, 5) is 26.2. The number of carboxylic acids is 1. The summed E-state index contributed by atoms with van der Waals surface area (Å²) >= 11 is 0. The van der Waals surface area contributed by atoms with Gasteiger partial charge in [0, 0.05) is 0 Å². The summed E-state index contributed by atoms with van der Waals surface area (Å²) in [6.07, 6.45) is 1.27. The lowest BCUT2D eigenvalue weighted by molar-refractivity contribution is 0.0586. The number of methoxy groups -OCH3 is 1. The van der Waals surface area contributed by atoms with Gasteiger partial charge in [0.25, 0.3) is 5.82 Å². The number of aromatic carboxylic acids is 1. The van der Waals surface area contributed by atoms with Crippen LogP contribution in [0.15, 0.2) is 24.5 Å². The van der Waals surface area contributed by atoms with E-state index in [-0.39, 0.29) is 11.4 Å². The van der Waals surface area contributed by atoms with Crippen molar-refractivity contribution in [2.24, 2.45) is 0 Å². The van der Waals surface area contributed by atoms with Gasteiger partial charge in [0.2, 0.25) is 0 Å². The summed E-state index contributed by atoms with van der Waals surface area (Å²) in [7, 11) is 1.22. The monoisotopic (exact) mass is 261 g/mol. The second-order valence-corrected chi connectivity index (χ2v) is 3.83. The van der Waals surface area contributed by atoms with Crippen molar-refractivity contribution in [3.8, 4) is 5.69 Å². The molecule has 1 N–H and O–H groups in total. The van der Waals surface area contributed by atoms with Crippen molar-refractivity contribution in [1.29, 1.82) is 0 Å². The van der Waals surface area contributed by atoms with Gasteiger partial charge in [-0.15, -0.1) is 5.10 Å². The van der Waals surface area contributed by atoms with Crippen LogP contribution in [-0.4, -0.2) is 38.9 Å². The first-order valence-electron chi connectivity index (χ1n) is 5.37. The number of nitrogens with zero attached hydrogens (tertiary/aromatic N) is 3. The van der Waals surface area contributed by atoms with Crippen molar-refractivity contribution in [2.45, 2.75) is 6.92 Å². The van der Waals surface area contributed by atoms with Crippen LogP contribution in [0.5, 0.6) is 0 Å². The topological polar surface area (TPSA) is 94.3 Å². The first-order chi connectivity index (χ1) is 9.02. The number of rotatable bonds is 3. The van der Waals surface area contributed by atoms with Gasteiger partial charge in [-0.2, -0.15) is 0 Å². The van der Waals surface area contributed by atoms with E-state index in [1.807, 2.05) is 0 Å². The highest BCUT2D eigenvalue weighted by atomic mass is 16.5. The van der Waals surface area contributed by atoms with Crippen LogP contribution in [0.3, 0.4) is 0 Å². The second-order valence-electron chi connectivity index (χ2n) is 3.83. The van der Waals surface area contributed by atoms with Gasteiger partial charge in [-0.1, -0.05) is 11.6 Å². The van der Waals surface area contributed by atoms with Crippen LogP contribution in [0.4, 0.5) is 0 Å². The average molecular weight is 261 g/mol. The van der Waals surface area contributed by atoms with E-state index < -0.39 is 11.9 Å². The molecule has 0 radical (unpaired) electrons. The Balaban J connectivity index is 2.50. The maximum absolute atomic E-state index is 11.3. The van der Waals surface area contributed by atoms with E-state index in [0.29, 0.717) is 5.69 Å². The van der Waals surface area contributed by atoms with Gasteiger partial charge in [-0.05, 0) is 19.1 Å². The number of carbonyl (C=O) groups is 2. The Morgan fingerprint density at radius 3 is 2.74 bits per heavy atom. The van der Waals surface area contributed by atoms with Gasteiger partial charge in [0.1, 0.15) is 6.33 Å².